The van der Waals surface area contributed by atoms with Crippen LogP contribution in [0.15, 0.2) is 10.6 Å². The first kappa shape index (κ1) is 17.2. The third kappa shape index (κ3) is 1.82. The predicted octanol–water partition coefficient (Wildman–Crippen LogP) is 7.42. The van der Waals surface area contributed by atoms with Crippen LogP contribution in [0.4, 0.5) is 0 Å². The van der Waals surface area contributed by atoms with Gasteiger partial charge in [-0.25, -0.2) is 0 Å². The number of rotatable bonds is 1. The van der Waals surface area contributed by atoms with E-state index in [0.717, 1.165) is 35.5 Å². The minimum Gasteiger partial charge on any atom is -0.0885 e. The quantitative estimate of drug-likeness (QED) is 0.456. The Morgan fingerprint density at radius 1 is 1.00 bits per heavy atom. The van der Waals surface area contributed by atoms with E-state index in [2.05, 4.69) is 34.6 Å². The molecule has 25 heavy (non-hydrogen) atoms. The van der Waals surface area contributed by atoms with E-state index in [0.29, 0.717) is 16.2 Å². The van der Waals surface area contributed by atoms with E-state index in [-0.39, 0.29) is 0 Å². The van der Waals surface area contributed by atoms with E-state index in [9.17, 15) is 0 Å². The Morgan fingerprint density at radius 3 is 2.48 bits per heavy atom. The first-order chi connectivity index (χ1) is 11.7. The summed E-state index contributed by atoms with van der Waals surface area (Å²) < 4.78 is 0. The third-order valence-electron chi connectivity index (χ3n) is 10.6. The van der Waals surface area contributed by atoms with Crippen LogP contribution >= 0.6 is 11.6 Å². The zero-order valence-electron chi connectivity index (χ0n) is 17.0. The van der Waals surface area contributed by atoms with Crippen molar-refractivity contribution in [1.29, 1.82) is 0 Å². The number of allylic oxidation sites excluding steroid dienone is 2. The molecule has 5 rings (SSSR count). The highest BCUT2D eigenvalue weighted by molar-refractivity contribution is 6.31. The summed E-state index contributed by atoms with van der Waals surface area (Å²) in [5.74, 6) is 5.20. The van der Waals surface area contributed by atoms with Crippen LogP contribution < -0.4 is 0 Å². The van der Waals surface area contributed by atoms with Gasteiger partial charge in [0.1, 0.15) is 0 Å². The highest BCUT2D eigenvalue weighted by Gasteiger charge is 2.71. The molecule has 0 aromatic heterocycles. The molecule has 0 bridgehead atoms. The van der Waals surface area contributed by atoms with Gasteiger partial charge in [0.2, 0.25) is 0 Å². The van der Waals surface area contributed by atoms with Gasteiger partial charge < -0.3 is 0 Å². The summed E-state index contributed by atoms with van der Waals surface area (Å²) in [4.78, 5) is 0. The van der Waals surface area contributed by atoms with E-state index < -0.39 is 0 Å². The predicted molar refractivity (Wildman–Crippen MR) is 106 cm³/mol. The zero-order chi connectivity index (χ0) is 17.8. The van der Waals surface area contributed by atoms with Gasteiger partial charge in [-0.1, -0.05) is 51.8 Å². The summed E-state index contributed by atoms with van der Waals surface area (Å²) in [6.45, 7) is 12.7. The molecule has 5 aliphatic carbocycles. The Bertz CT molecular complexity index is 632. The van der Waals surface area contributed by atoms with Crippen LogP contribution in [0.5, 0.6) is 0 Å². The molecule has 0 amide bonds. The molecule has 0 nitrogen and oxygen atoms in total. The molecule has 1 unspecified atom stereocenters. The fraction of sp³-hybridized carbons (Fsp3) is 0.917. The third-order valence-corrected chi connectivity index (χ3v) is 11.2. The molecular weight excluding hydrogens is 324 g/mol. The van der Waals surface area contributed by atoms with Crippen molar-refractivity contribution in [3.05, 3.63) is 10.6 Å². The molecule has 5 aliphatic rings. The van der Waals surface area contributed by atoms with E-state index in [4.69, 9.17) is 11.6 Å². The molecule has 4 fully saturated rings. The highest BCUT2D eigenvalue weighted by atomic mass is 35.5. The fourth-order valence-corrected chi connectivity index (χ4v) is 9.87. The summed E-state index contributed by atoms with van der Waals surface area (Å²) in [5, 5.41) is 1.39. The van der Waals surface area contributed by atoms with Crippen molar-refractivity contribution in [3.63, 3.8) is 0 Å². The van der Waals surface area contributed by atoms with Gasteiger partial charge in [-0.3, -0.25) is 0 Å². The Kier molecular flexibility index (Phi) is 3.49. The standard InChI is InChI=1S/C24H37Cl/c1-14(2)16-7-9-22(4)13-20-17(12-19(16)22)21(25)24-11-6-15(3)18(24)8-10-23(20,24)5/h14-16,18-20H,6-13H2,1-5H3/t15-,16+,18+,19+,20-,22-,23+,24?/m1/s1. The molecule has 0 N–H and O–H groups in total. The lowest BCUT2D eigenvalue weighted by atomic mass is 9.54. The van der Waals surface area contributed by atoms with Crippen LogP contribution in [-0.4, -0.2) is 0 Å². The van der Waals surface area contributed by atoms with E-state index in [1.807, 2.05) is 0 Å². The van der Waals surface area contributed by atoms with Gasteiger partial charge >= 0.3 is 0 Å². The number of halogens is 1. The smallest absolute Gasteiger partial charge is 0.0246 e. The maximum atomic E-state index is 7.38. The van der Waals surface area contributed by atoms with Crippen molar-refractivity contribution in [2.24, 2.45) is 51.8 Å². The Morgan fingerprint density at radius 2 is 1.76 bits per heavy atom. The number of hydrogen-bond acceptors (Lipinski definition) is 0. The second-order valence-electron chi connectivity index (χ2n) is 11.6. The van der Waals surface area contributed by atoms with Gasteiger partial charge in [0, 0.05) is 10.4 Å². The second-order valence-corrected chi connectivity index (χ2v) is 11.9. The van der Waals surface area contributed by atoms with Gasteiger partial charge in [-0.05, 0) is 97.7 Å². The van der Waals surface area contributed by atoms with E-state index in [1.165, 1.54) is 56.4 Å². The van der Waals surface area contributed by atoms with E-state index >= 15 is 0 Å². The van der Waals surface area contributed by atoms with Gasteiger partial charge in [-0.15, -0.1) is 0 Å². The zero-order valence-corrected chi connectivity index (χ0v) is 17.8. The highest BCUT2D eigenvalue weighted by Crippen LogP contribution is 2.79. The number of hydrogen-bond donors (Lipinski definition) is 0. The maximum Gasteiger partial charge on any atom is 0.0246 e. The summed E-state index contributed by atoms with van der Waals surface area (Å²) in [7, 11) is 0. The normalized spacial score (nSPS) is 57.0. The van der Waals surface area contributed by atoms with Crippen LogP contribution in [0.3, 0.4) is 0 Å². The molecule has 0 aromatic rings. The van der Waals surface area contributed by atoms with Crippen molar-refractivity contribution in [3.8, 4) is 0 Å². The summed E-state index contributed by atoms with van der Waals surface area (Å²) >= 11 is 7.38. The molecule has 8 atom stereocenters. The fourth-order valence-electron chi connectivity index (χ4n) is 9.21. The average Bonchev–Trinajstić information content (AvgIpc) is 3.20. The molecule has 0 aliphatic heterocycles. The molecule has 140 valence electrons. The molecule has 0 radical (unpaired) electrons. The van der Waals surface area contributed by atoms with Crippen LogP contribution in [0.25, 0.3) is 0 Å². The minimum atomic E-state index is 0.371. The van der Waals surface area contributed by atoms with Crippen molar-refractivity contribution in [2.75, 3.05) is 0 Å². The molecule has 4 saturated carbocycles. The number of fused-ring (bicyclic) bond motifs is 3. The molecule has 0 saturated heterocycles. The average molecular weight is 361 g/mol. The van der Waals surface area contributed by atoms with Crippen molar-refractivity contribution >= 4 is 11.6 Å². The lowest BCUT2D eigenvalue weighted by Crippen LogP contribution is -2.43. The lowest BCUT2D eigenvalue weighted by Gasteiger charge is -2.49. The van der Waals surface area contributed by atoms with Gasteiger partial charge in [-0.2, -0.15) is 0 Å². The van der Waals surface area contributed by atoms with Crippen LogP contribution in [0.2, 0.25) is 0 Å². The summed E-state index contributed by atoms with van der Waals surface area (Å²) in [6.07, 6.45) is 11.3. The largest absolute Gasteiger partial charge is 0.0885 e. The summed E-state index contributed by atoms with van der Waals surface area (Å²) in [5.41, 5.74) is 3.17. The molecule has 1 heteroatoms. The molecule has 0 heterocycles. The first-order valence-electron chi connectivity index (χ1n) is 11.1. The lowest BCUT2D eigenvalue weighted by molar-refractivity contribution is 0.0219. The second kappa shape index (κ2) is 5.09. The van der Waals surface area contributed by atoms with Crippen molar-refractivity contribution in [1.82, 2.24) is 0 Å². The topological polar surface area (TPSA) is 0 Å². The van der Waals surface area contributed by atoms with Crippen LogP contribution in [-0.2, 0) is 0 Å². The first-order valence-corrected chi connectivity index (χ1v) is 11.5. The SMILES string of the molecule is CC(C)[C@@H]1CC[C@]2(C)C[C@@H]3C(=C(Cl)C45CC[C@@H](C)[C@@H]4CC[C@@]35C)C[C@@H]12. The van der Waals surface area contributed by atoms with Gasteiger partial charge in [0.15, 0.2) is 0 Å². The molecule has 0 aromatic carbocycles. The van der Waals surface area contributed by atoms with Crippen molar-refractivity contribution < 1.29 is 0 Å². The van der Waals surface area contributed by atoms with Gasteiger partial charge in [0.25, 0.3) is 0 Å². The summed E-state index contributed by atoms with van der Waals surface area (Å²) in [6, 6.07) is 0. The van der Waals surface area contributed by atoms with Crippen molar-refractivity contribution in [2.45, 2.75) is 86.0 Å². The molecule has 1 spiro atoms. The van der Waals surface area contributed by atoms with E-state index in [1.54, 1.807) is 5.57 Å². The van der Waals surface area contributed by atoms with Crippen LogP contribution in [0, 0.1) is 51.8 Å². The Hall–Kier alpha value is 0.0300. The van der Waals surface area contributed by atoms with Gasteiger partial charge in [0.05, 0.1) is 0 Å². The van der Waals surface area contributed by atoms with Crippen LogP contribution in [0.1, 0.15) is 86.0 Å². The monoisotopic (exact) mass is 360 g/mol. The maximum absolute atomic E-state index is 7.38. The Balaban J connectivity index is 1.60. The Labute approximate surface area is 160 Å². The minimum absolute atomic E-state index is 0.371. The molecular formula is C24H37Cl.